The van der Waals surface area contributed by atoms with Crippen LogP contribution in [0.3, 0.4) is 0 Å². The van der Waals surface area contributed by atoms with Gasteiger partial charge in [0.1, 0.15) is 0 Å². The molecule has 0 bridgehead atoms. The molecular weight excluding hydrogens is 1020 g/mol. The maximum absolute atomic E-state index is 10.8. The highest BCUT2D eigenvalue weighted by Gasteiger charge is 2.25. The van der Waals surface area contributed by atoms with Crippen LogP contribution in [-0.4, -0.2) is 9.13 Å². The fourth-order valence-electron chi connectivity index (χ4n) is 11.1. The molecule has 0 amide bonds. The van der Waals surface area contributed by atoms with Gasteiger partial charge in [-0.2, -0.15) is 26.3 Å². The van der Waals surface area contributed by atoms with Crippen molar-refractivity contribution in [2.24, 2.45) is 0 Å². The molecule has 0 saturated carbocycles. The summed E-state index contributed by atoms with van der Waals surface area (Å²) in [6.45, 7) is 42.5. The zero-order valence-corrected chi connectivity index (χ0v) is 43.6. The third-order valence-electron chi connectivity index (χ3n) is 14.9. The molecule has 0 radical (unpaired) electrons. The van der Waals surface area contributed by atoms with E-state index in [0.29, 0.717) is 128 Å². The molecule has 0 aliphatic rings. The molecule has 0 aliphatic carbocycles. The Morgan fingerprint density at radius 1 is 0.313 bits per heavy atom. The van der Waals surface area contributed by atoms with Crippen LogP contribution in [-0.2, 0) is 0 Å². The lowest BCUT2D eigenvalue weighted by Crippen LogP contribution is -2.05. The summed E-state index contributed by atoms with van der Waals surface area (Å²) in [6.07, 6.45) is 0. The maximum atomic E-state index is 10.8. The third kappa shape index (κ3) is 8.68. The molecular formula is C71H32N12. The Labute approximate surface area is 475 Å². The summed E-state index contributed by atoms with van der Waals surface area (Å²) < 4.78 is 4.17. The number of fused-ring (bicyclic) bond motifs is 6. The zero-order chi connectivity index (χ0) is 57.6. The minimum Gasteiger partial charge on any atom is -0.308 e. The van der Waals surface area contributed by atoms with E-state index in [-0.39, 0.29) is 17.1 Å². The van der Waals surface area contributed by atoms with Gasteiger partial charge >= 0.3 is 0 Å². The predicted octanol–water partition coefficient (Wildman–Crippen LogP) is 18.6. The Bertz CT molecular complexity index is 4970. The number of aromatic nitrogens is 2. The van der Waals surface area contributed by atoms with Gasteiger partial charge in [-0.1, -0.05) is 78.9 Å². The fourth-order valence-corrected chi connectivity index (χ4v) is 11.1. The third-order valence-corrected chi connectivity index (χ3v) is 14.9. The number of hydrogen-bond acceptors (Lipinski definition) is 5. The van der Waals surface area contributed by atoms with Gasteiger partial charge in [0.05, 0.1) is 113 Å². The first kappa shape index (κ1) is 50.5. The van der Waals surface area contributed by atoms with Gasteiger partial charge < -0.3 is 9.13 Å². The first-order chi connectivity index (χ1) is 40.5. The molecule has 2 aromatic heterocycles. The van der Waals surface area contributed by atoms with E-state index in [1.807, 2.05) is 104 Å². The monoisotopic (exact) mass is 1050 g/mol. The second kappa shape index (κ2) is 20.2. The topological polar surface area (TPSA) is 151 Å². The van der Waals surface area contributed by atoms with E-state index >= 15 is 0 Å². The van der Waals surface area contributed by atoms with Crippen LogP contribution in [0.15, 0.2) is 176 Å². The standard InChI is InChI=1S/C71H32N12/c1-41-7-12-59(54(17-41)40-76)64-34-70(82-66-29-46(50-19-42(36-72)18-43(20-50)37-73)8-13-60(66)61-14-9-47(30-67(61)82)51-21-44(38-74)23-55(25-51)77-2)71(35-65(64)81-6)83-68-31-48(52-22-45(39-75)24-56(26-52)78-3)10-15-62(68)63-16-11-49(32-69(63)83)53-27-57(79-4)33-58(28-53)80-5/h7-35H,1H3. The summed E-state index contributed by atoms with van der Waals surface area (Å²) in [7, 11) is 0. The van der Waals surface area contributed by atoms with E-state index in [2.05, 4.69) is 63.7 Å². The normalized spacial score (nSPS) is 10.6. The summed E-state index contributed by atoms with van der Waals surface area (Å²) in [5, 5.41) is 54.5. The number of nitrogens with zero attached hydrogens (tertiary/aromatic N) is 12. The van der Waals surface area contributed by atoms with Gasteiger partial charge in [-0.3, -0.25) is 0 Å². The summed E-state index contributed by atoms with van der Waals surface area (Å²) in [6, 6.07) is 64.2. The fraction of sp³-hybridized carbons (Fsp3) is 0.0141. The number of benzene rings is 10. The molecule has 12 aromatic rings. The Morgan fingerprint density at radius 3 is 1.05 bits per heavy atom. The van der Waals surface area contributed by atoms with Crippen molar-refractivity contribution < 1.29 is 0 Å². The van der Waals surface area contributed by atoms with Crippen molar-refractivity contribution >= 4 is 72.0 Å². The molecule has 0 aliphatic heterocycles. The molecule has 83 heavy (non-hydrogen) atoms. The minimum atomic E-state index is 0.223. The molecule has 0 atom stereocenters. The lowest BCUT2D eigenvalue weighted by atomic mass is 9.95. The first-order valence-electron chi connectivity index (χ1n) is 25.5. The van der Waals surface area contributed by atoms with E-state index in [1.54, 1.807) is 60.7 Å². The SMILES string of the molecule is [C-]#[N+]c1cc(C#N)cc(-c2ccc3c4ccc(-c5cc([N+]#[C-])cc([N+]#[C-])c5)cc4n(-c4cc([N+]#[C-])c(-c5ccc(C)cc5C#N)cc4-n4c5cc(-c6cc(C#N)cc(C#N)c6)ccc5c5ccc(-c6cc(C#N)cc([N+]#[C-])c6)cc54)c3c2)c1. The zero-order valence-electron chi connectivity index (χ0n) is 43.6. The van der Waals surface area contributed by atoms with Crippen LogP contribution < -0.4 is 0 Å². The lowest BCUT2D eigenvalue weighted by Gasteiger charge is -2.21. The number of rotatable bonds is 7. The molecule has 376 valence electrons. The van der Waals surface area contributed by atoms with Crippen LogP contribution in [0.25, 0.3) is 135 Å². The molecule has 12 nitrogen and oxygen atoms in total. The van der Waals surface area contributed by atoms with Gasteiger partial charge in [-0.15, -0.1) is 0 Å². The summed E-state index contributed by atoms with van der Waals surface area (Å²) >= 11 is 0. The average Bonchev–Trinajstić information content (AvgIpc) is 3.87. The number of aryl methyl sites for hydroxylation is 1. The Morgan fingerprint density at radius 2 is 0.675 bits per heavy atom. The van der Waals surface area contributed by atoms with E-state index in [1.165, 1.54) is 18.2 Å². The van der Waals surface area contributed by atoms with E-state index < -0.39 is 0 Å². The molecule has 0 fully saturated rings. The second-order valence-corrected chi connectivity index (χ2v) is 19.7. The molecule has 12 heteroatoms. The summed E-state index contributed by atoms with van der Waals surface area (Å²) in [5.41, 5.74) is 13.8. The van der Waals surface area contributed by atoms with Gasteiger partial charge in [0, 0.05) is 32.7 Å². The Balaban J connectivity index is 1.29. The van der Waals surface area contributed by atoms with Gasteiger partial charge in [0.2, 0.25) is 0 Å². The summed E-state index contributed by atoms with van der Waals surface area (Å²) in [5.74, 6) is 0. The number of hydrogen-bond donors (Lipinski definition) is 0. The Kier molecular flexibility index (Phi) is 12.3. The summed E-state index contributed by atoms with van der Waals surface area (Å²) in [4.78, 5) is 19.0. The lowest BCUT2D eigenvalue weighted by molar-refractivity contribution is 1.10. The predicted molar refractivity (Wildman–Crippen MR) is 322 cm³/mol. The van der Waals surface area contributed by atoms with E-state index in [4.69, 9.17) is 32.9 Å². The van der Waals surface area contributed by atoms with Crippen molar-refractivity contribution in [3.63, 3.8) is 0 Å². The second-order valence-electron chi connectivity index (χ2n) is 19.7. The quantitative estimate of drug-likeness (QED) is 0.146. The largest absolute Gasteiger partial charge is 0.308 e. The molecule has 0 N–H and O–H groups in total. The van der Waals surface area contributed by atoms with Crippen molar-refractivity contribution in [3.05, 3.63) is 266 Å². The van der Waals surface area contributed by atoms with E-state index in [9.17, 15) is 26.3 Å². The molecule has 0 saturated heterocycles. The van der Waals surface area contributed by atoms with Gasteiger partial charge in [-0.25, -0.2) is 24.2 Å². The van der Waals surface area contributed by atoms with Gasteiger partial charge in [0.25, 0.3) is 0 Å². The van der Waals surface area contributed by atoms with Crippen molar-refractivity contribution in [2.75, 3.05) is 0 Å². The van der Waals surface area contributed by atoms with Gasteiger partial charge in [0.15, 0.2) is 28.4 Å². The molecule has 0 unspecified atom stereocenters. The van der Waals surface area contributed by atoms with Crippen molar-refractivity contribution in [1.29, 1.82) is 26.3 Å². The highest BCUT2D eigenvalue weighted by molar-refractivity contribution is 6.14. The smallest absolute Gasteiger partial charge is 0.197 e. The van der Waals surface area contributed by atoms with Crippen LogP contribution >= 0.6 is 0 Å². The van der Waals surface area contributed by atoms with Crippen LogP contribution in [0, 0.1) is 96.4 Å². The van der Waals surface area contributed by atoms with Crippen LogP contribution in [0.1, 0.15) is 33.4 Å². The first-order valence-corrected chi connectivity index (χ1v) is 25.5. The highest BCUT2D eigenvalue weighted by Crippen LogP contribution is 2.47. The van der Waals surface area contributed by atoms with E-state index in [0.717, 1.165) is 27.1 Å². The van der Waals surface area contributed by atoms with Crippen molar-refractivity contribution in [2.45, 2.75) is 6.92 Å². The molecule has 2 heterocycles. The molecule has 12 rings (SSSR count). The van der Waals surface area contributed by atoms with Crippen LogP contribution in [0.4, 0.5) is 28.4 Å². The molecule has 10 aromatic carbocycles. The number of nitriles is 5. The maximum Gasteiger partial charge on any atom is 0.197 e. The van der Waals surface area contributed by atoms with Crippen molar-refractivity contribution in [3.8, 4) is 97.4 Å². The molecule has 0 spiro atoms. The average molecular weight is 1050 g/mol. The van der Waals surface area contributed by atoms with Gasteiger partial charge in [-0.05, 0) is 165 Å². The van der Waals surface area contributed by atoms with Crippen molar-refractivity contribution in [1.82, 2.24) is 9.13 Å². The van der Waals surface area contributed by atoms with Crippen LogP contribution in [0.2, 0.25) is 0 Å². The Hall–Kier alpha value is -13.3. The highest BCUT2D eigenvalue weighted by atomic mass is 15.1. The van der Waals surface area contributed by atoms with Crippen LogP contribution in [0.5, 0.6) is 0 Å². The minimum absolute atomic E-state index is 0.223.